The summed E-state index contributed by atoms with van der Waals surface area (Å²) in [6.45, 7) is 11.4. The Morgan fingerprint density at radius 2 is 1.71 bits per heavy atom. The lowest BCUT2D eigenvalue weighted by Gasteiger charge is -2.41. The molecule has 3 aliphatic heterocycles. The summed E-state index contributed by atoms with van der Waals surface area (Å²) < 4.78 is 0. The van der Waals surface area contributed by atoms with Crippen LogP contribution in [-0.2, 0) is 13.0 Å². The van der Waals surface area contributed by atoms with Crippen molar-refractivity contribution in [3.05, 3.63) is 51.7 Å². The van der Waals surface area contributed by atoms with Crippen molar-refractivity contribution in [2.45, 2.75) is 38.8 Å². The number of rotatable bonds is 4. The molecule has 1 aromatic heterocycles. The molecule has 0 unspecified atom stereocenters. The van der Waals surface area contributed by atoms with E-state index in [-0.39, 0.29) is 5.91 Å². The lowest BCUT2D eigenvalue weighted by atomic mass is 9.99. The molecule has 0 N–H and O–H groups in total. The minimum absolute atomic E-state index is 0.180. The number of amides is 1. The largest absolute Gasteiger partial charge is 0.371 e. The van der Waals surface area contributed by atoms with E-state index in [1.807, 2.05) is 28.4 Å². The van der Waals surface area contributed by atoms with Crippen LogP contribution in [0.2, 0.25) is 0 Å². The number of benzene rings is 1. The minimum Gasteiger partial charge on any atom is -0.371 e. The summed E-state index contributed by atoms with van der Waals surface area (Å²) in [5, 5.41) is 2.25. The topological polar surface area (TPSA) is 30.0 Å². The molecule has 0 aliphatic carbocycles. The Morgan fingerprint density at radius 1 is 0.968 bits per heavy atom. The van der Waals surface area contributed by atoms with Gasteiger partial charge in [0, 0.05) is 74.5 Å². The van der Waals surface area contributed by atoms with Crippen LogP contribution in [0, 0.1) is 0 Å². The number of piperidine rings is 1. The van der Waals surface area contributed by atoms with Crippen LogP contribution in [0.25, 0.3) is 0 Å². The standard InChI is InChI=1S/C25H34N4OS/c1-2-26-14-16-28(17-15-26)25(30)20-3-5-22(6-4-20)27-11-7-23(8-12-27)29-13-9-24-21(19-29)10-18-31-24/h3-6,10,18,23H,2,7-9,11-17,19H2,1H3. The highest BCUT2D eigenvalue weighted by Crippen LogP contribution is 2.29. The zero-order chi connectivity index (χ0) is 21.2. The van der Waals surface area contributed by atoms with E-state index in [1.165, 1.54) is 31.5 Å². The molecule has 2 saturated heterocycles. The molecule has 2 aromatic rings. The number of nitrogens with zero attached hydrogens (tertiary/aromatic N) is 4. The van der Waals surface area contributed by atoms with E-state index in [4.69, 9.17) is 0 Å². The second-order valence-corrected chi connectivity index (χ2v) is 10.1. The van der Waals surface area contributed by atoms with Crippen LogP contribution in [0.15, 0.2) is 35.7 Å². The van der Waals surface area contributed by atoms with Crippen molar-refractivity contribution in [1.29, 1.82) is 0 Å². The molecule has 166 valence electrons. The van der Waals surface area contributed by atoms with Gasteiger partial charge in [0.2, 0.25) is 0 Å². The monoisotopic (exact) mass is 438 g/mol. The number of hydrogen-bond donors (Lipinski definition) is 0. The van der Waals surface area contributed by atoms with E-state index in [0.717, 1.165) is 57.9 Å². The average Bonchev–Trinajstić information content (AvgIpc) is 3.32. The first kappa shape index (κ1) is 21.0. The second kappa shape index (κ2) is 9.31. The molecule has 5 nitrogen and oxygen atoms in total. The van der Waals surface area contributed by atoms with Crippen LogP contribution in [0.4, 0.5) is 5.69 Å². The Balaban J connectivity index is 1.14. The molecular weight excluding hydrogens is 404 g/mol. The van der Waals surface area contributed by atoms with E-state index >= 15 is 0 Å². The molecule has 0 radical (unpaired) electrons. The van der Waals surface area contributed by atoms with Gasteiger partial charge in [0.25, 0.3) is 5.91 Å². The molecule has 1 aromatic carbocycles. The van der Waals surface area contributed by atoms with Crippen LogP contribution < -0.4 is 4.90 Å². The fraction of sp³-hybridized carbons (Fsp3) is 0.560. The van der Waals surface area contributed by atoms with Gasteiger partial charge in [0.15, 0.2) is 0 Å². The van der Waals surface area contributed by atoms with Crippen LogP contribution in [0.5, 0.6) is 0 Å². The predicted molar refractivity (Wildman–Crippen MR) is 128 cm³/mol. The minimum atomic E-state index is 0.180. The summed E-state index contributed by atoms with van der Waals surface area (Å²) in [5.74, 6) is 0.180. The fourth-order valence-corrected chi connectivity index (χ4v) is 6.23. The number of carbonyl (C=O) groups excluding carboxylic acids is 1. The van der Waals surface area contributed by atoms with E-state index < -0.39 is 0 Å². The summed E-state index contributed by atoms with van der Waals surface area (Å²) in [5.41, 5.74) is 3.63. The summed E-state index contributed by atoms with van der Waals surface area (Å²) in [6.07, 6.45) is 3.67. The molecule has 0 saturated carbocycles. The Bertz CT molecular complexity index is 879. The molecule has 6 heteroatoms. The molecule has 3 aliphatic rings. The van der Waals surface area contributed by atoms with Crippen molar-refractivity contribution >= 4 is 22.9 Å². The number of anilines is 1. The number of fused-ring (bicyclic) bond motifs is 1. The van der Waals surface area contributed by atoms with E-state index in [9.17, 15) is 4.79 Å². The molecule has 31 heavy (non-hydrogen) atoms. The molecule has 0 bridgehead atoms. The van der Waals surface area contributed by atoms with Crippen molar-refractivity contribution in [2.24, 2.45) is 0 Å². The van der Waals surface area contributed by atoms with Crippen molar-refractivity contribution in [3.63, 3.8) is 0 Å². The fourth-order valence-electron chi connectivity index (χ4n) is 5.34. The van der Waals surface area contributed by atoms with Gasteiger partial charge in [0.1, 0.15) is 0 Å². The molecule has 0 spiro atoms. The average molecular weight is 439 g/mol. The van der Waals surface area contributed by atoms with Gasteiger partial charge in [-0.2, -0.15) is 0 Å². The molecular formula is C25H34N4OS. The third-order valence-corrected chi connectivity index (χ3v) is 8.43. The Morgan fingerprint density at radius 3 is 2.42 bits per heavy atom. The number of hydrogen-bond acceptors (Lipinski definition) is 5. The molecule has 1 amide bonds. The summed E-state index contributed by atoms with van der Waals surface area (Å²) >= 11 is 1.92. The van der Waals surface area contributed by atoms with Gasteiger partial charge in [-0.05, 0) is 67.1 Å². The van der Waals surface area contributed by atoms with Crippen molar-refractivity contribution in [3.8, 4) is 0 Å². The first-order valence-electron chi connectivity index (χ1n) is 11.9. The highest BCUT2D eigenvalue weighted by atomic mass is 32.1. The second-order valence-electron chi connectivity index (χ2n) is 9.08. The van der Waals surface area contributed by atoms with Crippen LogP contribution >= 0.6 is 11.3 Å². The SMILES string of the molecule is CCN1CCN(C(=O)c2ccc(N3CCC(N4CCc5sccc5C4)CC3)cc2)CC1. The summed E-state index contributed by atoms with van der Waals surface area (Å²) in [7, 11) is 0. The predicted octanol–water partition coefficient (Wildman–Crippen LogP) is 3.55. The van der Waals surface area contributed by atoms with Gasteiger partial charge in [-0.25, -0.2) is 0 Å². The van der Waals surface area contributed by atoms with E-state index in [0.29, 0.717) is 6.04 Å². The lowest BCUT2D eigenvalue weighted by Crippen LogP contribution is -2.48. The van der Waals surface area contributed by atoms with Crippen LogP contribution in [0.3, 0.4) is 0 Å². The first-order valence-corrected chi connectivity index (χ1v) is 12.7. The van der Waals surface area contributed by atoms with Crippen molar-refractivity contribution < 1.29 is 4.79 Å². The molecule has 4 heterocycles. The first-order chi connectivity index (χ1) is 15.2. The third-order valence-electron chi connectivity index (χ3n) is 7.40. The number of carbonyl (C=O) groups is 1. The normalized spacial score (nSPS) is 21.3. The number of piperazine rings is 1. The van der Waals surface area contributed by atoms with Crippen molar-refractivity contribution in [2.75, 3.05) is 57.3 Å². The smallest absolute Gasteiger partial charge is 0.253 e. The zero-order valence-electron chi connectivity index (χ0n) is 18.6. The Kier molecular flexibility index (Phi) is 6.30. The van der Waals surface area contributed by atoms with Crippen LogP contribution in [-0.4, -0.2) is 79.0 Å². The molecule has 0 atom stereocenters. The van der Waals surface area contributed by atoms with E-state index in [1.54, 1.807) is 10.4 Å². The van der Waals surface area contributed by atoms with Gasteiger partial charge in [0.05, 0.1) is 0 Å². The highest BCUT2D eigenvalue weighted by molar-refractivity contribution is 7.10. The van der Waals surface area contributed by atoms with Crippen LogP contribution in [0.1, 0.15) is 40.6 Å². The quantitative estimate of drug-likeness (QED) is 0.730. The maximum absolute atomic E-state index is 12.9. The van der Waals surface area contributed by atoms with Gasteiger partial charge in [-0.15, -0.1) is 11.3 Å². The lowest BCUT2D eigenvalue weighted by molar-refractivity contribution is 0.0643. The van der Waals surface area contributed by atoms with Gasteiger partial charge < -0.3 is 14.7 Å². The number of thiophene rings is 1. The summed E-state index contributed by atoms with van der Waals surface area (Å²) in [4.78, 5) is 24.0. The molecule has 5 rings (SSSR count). The van der Waals surface area contributed by atoms with Gasteiger partial charge in [-0.3, -0.25) is 9.69 Å². The van der Waals surface area contributed by atoms with E-state index in [2.05, 4.69) is 45.2 Å². The Labute approximate surface area is 190 Å². The zero-order valence-corrected chi connectivity index (χ0v) is 19.4. The van der Waals surface area contributed by atoms with Crippen molar-refractivity contribution in [1.82, 2.24) is 14.7 Å². The van der Waals surface area contributed by atoms with Gasteiger partial charge >= 0.3 is 0 Å². The maximum atomic E-state index is 12.9. The van der Waals surface area contributed by atoms with Gasteiger partial charge in [-0.1, -0.05) is 6.92 Å². The molecule has 2 fully saturated rings. The third kappa shape index (κ3) is 4.52. The number of likely N-dealkylation sites (N-methyl/N-ethyl adjacent to an activating group) is 1. The Hall–Kier alpha value is -1.89. The maximum Gasteiger partial charge on any atom is 0.253 e. The highest BCUT2D eigenvalue weighted by Gasteiger charge is 2.28. The summed E-state index contributed by atoms with van der Waals surface area (Å²) in [6, 6.07) is 11.4.